The Balaban J connectivity index is 1.00. The van der Waals surface area contributed by atoms with Crippen LogP contribution in [-0.4, -0.2) is 4.40 Å². The number of aromatic nitrogens is 1. The number of rotatable bonds is 6. The van der Waals surface area contributed by atoms with Crippen molar-refractivity contribution in [2.24, 2.45) is 0 Å². The number of para-hydroxylation sites is 1. The Hall–Kier alpha value is -8.08. The van der Waals surface area contributed by atoms with E-state index in [1.54, 1.807) is 0 Å². The van der Waals surface area contributed by atoms with Crippen molar-refractivity contribution in [3.05, 3.63) is 204 Å². The summed E-state index contributed by atoms with van der Waals surface area (Å²) in [5, 5.41) is 15.8. The number of hydrogen-bond acceptors (Lipinski definition) is 3. The van der Waals surface area contributed by atoms with Gasteiger partial charge in [-0.3, -0.25) is 0 Å². The van der Waals surface area contributed by atoms with Gasteiger partial charge in [0.1, 0.15) is 11.2 Å². The van der Waals surface area contributed by atoms with Crippen LogP contribution >= 0.6 is 0 Å². The topological polar surface area (TPSA) is 32.8 Å². The second-order valence-corrected chi connectivity index (χ2v) is 25.7. The average molecular weight is 990 g/mol. The fourth-order valence-electron chi connectivity index (χ4n) is 11.8. The zero-order valence-corrected chi connectivity index (χ0v) is 46.1. The zero-order chi connectivity index (χ0) is 52.8. The Morgan fingerprint density at radius 3 is 1.53 bits per heavy atom. The molecule has 13 aromatic rings. The van der Waals surface area contributed by atoms with Crippen LogP contribution < -0.4 is 10.2 Å². The molecule has 0 radical (unpaired) electrons. The van der Waals surface area contributed by atoms with Crippen LogP contribution in [-0.2, 0) is 21.7 Å². The molecule has 376 valence electrons. The van der Waals surface area contributed by atoms with E-state index < -0.39 is 0 Å². The summed E-state index contributed by atoms with van der Waals surface area (Å²) >= 11 is 0. The van der Waals surface area contributed by atoms with Gasteiger partial charge in [0.2, 0.25) is 0 Å². The second kappa shape index (κ2) is 16.7. The van der Waals surface area contributed by atoms with Gasteiger partial charge in [-0.15, -0.1) is 0 Å². The molecule has 0 saturated heterocycles. The summed E-state index contributed by atoms with van der Waals surface area (Å²) in [6, 6.07) is 68.6. The molecule has 4 heteroatoms. The van der Waals surface area contributed by atoms with E-state index in [1.807, 2.05) is 0 Å². The molecular formula is C72H67N3O. The van der Waals surface area contributed by atoms with Crippen LogP contribution in [0.1, 0.15) is 105 Å². The van der Waals surface area contributed by atoms with Crippen molar-refractivity contribution >= 4 is 110 Å². The Morgan fingerprint density at radius 1 is 0.382 bits per heavy atom. The third kappa shape index (κ3) is 7.87. The minimum atomic E-state index is 0.00993. The quantitative estimate of drug-likeness (QED) is 0.180. The predicted octanol–water partition coefficient (Wildman–Crippen LogP) is 21.1. The van der Waals surface area contributed by atoms with Gasteiger partial charge in [0.15, 0.2) is 0 Å². The molecule has 0 aliphatic carbocycles. The van der Waals surface area contributed by atoms with Gasteiger partial charge >= 0.3 is 0 Å². The predicted molar refractivity (Wildman–Crippen MR) is 328 cm³/mol. The minimum Gasteiger partial charge on any atom is -0.456 e. The highest BCUT2D eigenvalue weighted by atomic mass is 16.3. The number of benzene rings is 10. The number of nitrogens with zero attached hydrogens (tertiary/aromatic N) is 2. The lowest BCUT2D eigenvalue weighted by atomic mass is 9.83. The summed E-state index contributed by atoms with van der Waals surface area (Å²) in [6.45, 7) is 27.4. The Bertz CT molecular complexity index is 4370. The SMILES string of the molecule is CC(C)(C)c1ccc(-c2cc(C(C)(C)C)ccc2Nc2ccc3cc4c5cc6oc7ccccc7c6c6c7cc8ccc(N(c9ccc(C(C)(C)C)cc9)c9ccc(C(C)(C)C)cc9)cc8cc7n(c4cc3c2)c56)cc1. The van der Waals surface area contributed by atoms with Crippen LogP contribution in [0.3, 0.4) is 0 Å². The first-order valence-electron chi connectivity index (χ1n) is 27.1. The van der Waals surface area contributed by atoms with Gasteiger partial charge in [-0.1, -0.05) is 168 Å². The van der Waals surface area contributed by atoms with Crippen molar-refractivity contribution in [2.75, 3.05) is 10.2 Å². The van der Waals surface area contributed by atoms with Crippen LogP contribution in [0.2, 0.25) is 0 Å². The summed E-state index contributed by atoms with van der Waals surface area (Å²) in [5.74, 6) is 0. The van der Waals surface area contributed by atoms with Crippen LogP contribution in [0.15, 0.2) is 186 Å². The molecule has 0 aliphatic rings. The Labute approximate surface area is 446 Å². The van der Waals surface area contributed by atoms with Crippen molar-refractivity contribution in [2.45, 2.75) is 105 Å². The fourth-order valence-corrected chi connectivity index (χ4v) is 11.8. The van der Waals surface area contributed by atoms with Gasteiger partial charge < -0.3 is 19.0 Å². The molecule has 4 nitrogen and oxygen atoms in total. The maximum Gasteiger partial charge on any atom is 0.136 e. The van der Waals surface area contributed by atoms with Gasteiger partial charge in [0.25, 0.3) is 0 Å². The molecule has 3 heterocycles. The maximum atomic E-state index is 6.75. The highest BCUT2D eigenvalue weighted by Crippen LogP contribution is 2.49. The normalized spacial score (nSPS) is 13.0. The molecule has 0 bridgehead atoms. The van der Waals surface area contributed by atoms with Gasteiger partial charge in [0, 0.05) is 66.3 Å². The monoisotopic (exact) mass is 990 g/mol. The van der Waals surface area contributed by atoms with Crippen LogP contribution in [0.25, 0.3) is 92.7 Å². The Morgan fingerprint density at radius 2 is 0.908 bits per heavy atom. The lowest BCUT2D eigenvalue weighted by Gasteiger charge is -2.28. The smallest absolute Gasteiger partial charge is 0.136 e. The molecule has 0 saturated carbocycles. The second-order valence-electron chi connectivity index (χ2n) is 25.7. The van der Waals surface area contributed by atoms with Gasteiger partial charge in [0.05, 0.1) is 16.6 Å². The van der Waals surface area contributed by atoms with Crippen LogP contribution in [0.5, 0.6) is 0 Å². The first kappa shape index (κ1) is 47.6. The van der Waals surface area contributed by atoms with E-state index in [-0.39, 0.29) is 21.7 Å². The summed E-state index contributed by atoms with van der Waals surface area (Å²) < 4.78 is 9.29. The van der Waals surface area contributed by atoms with E-state index in [1.165, 1.54) is 98.4 Å². The first-order chi connectivity index (χ1) is 36.2. The molecule has 0 fully saturated rings. The van der Waals surface area contributed by atoms with Gasteiger partial charge in [-0.05, 0) is 168 Å². The molecular weight excluding hydrogens is 923 g/mol. The standard InChI is InChI=1S/C72H67N3O/c1-69(2,3)48-21-17-43(18-22-48)57-41-51(72(10,11)12)27-34-61(57)73-52-28-19-44-37-58-59-42-65-66(56-15-13-14-16-64(56)76-65)67-60-38-45-20-29-55(36-47(45)40-63(60)75(68(59)67)62(58)39-46(44)35-52)74(53-30-23-49(24-31-53)70(4,5)6)54-32-25-50(26-33-54)71(7,8)9/h13-42,73H,1-12H3. The summed E-state index contributed by atoms with van der Waals surface area (Å²) in [6.07, 6.45) is 0. The van der Waals surface area contributed by atoms with Crippen LogP contribution in [0.4, 0.5) is 28.4 Å². The van der Waals surface area contributed by atoms with E-state index in [2.05, 4.69) is 280 Å². The molecule has 76 heavy (non-hydrogen) atoms. The molecule has 13 rings (SSSR count). The van der Waals surface area contributed by atoms with Crippen molar-refractivity contribution in [1.82, 2.24) is 4.40 Å². The van der Waals surface area contributed by atoms with Crippen molar-refractivity contribution in [3.63, 3.8) is 0 Å². The highest BCUT2D eigenvalue weighted by Gasteiger charge is 2.26. The fraction of sp³-hybridized carbons (Fsp3) is 0.222. The van der Waals surface area contributed by atoms with E-state index in [4.69, 9.17) is 4.42 Å². The highest BCUT2D eigenvalue weighted by molar-refractivity contribution is 6.36. The van der Waals surface area contributed by atoms with Crippen molar-refractivity contribution in [1.29, 1.82) is 0 Å². The molecule has 3 aromatic heterocycles. The summed E-state index contributed by atoms with van der Waals surface area (Å²) in [7, 11) is 0. The lowest BCUT2D eigenvalue weighted by molar-refractivity contribution is 0.590. The molecule has 0 aliphatic heterocycles. The number of hydrogen-bond donors (Lipinski definition) is 1. The van der Waals surface area contributed by atoms with Crippen molar-refractivity contribution < 1.29 is 4.42 Å². The number of fused-ring (bicyclic) bond motifs is 12. The Kier molecular flexibility index (Phi) is 10.5. The first-order valence-corrected chi connectivity index (χ1v) is 27.1. The summed E-state index contributed by atoms with van der Waals surface area (Å²) in [5.41, 5.74) is 18.8. The molecule has 1 N–H and O–H groups in total. The number of anilines is 5. The van der Waals surface area contributed by atoms with Gasteiger partial charge in [-0.2, -0.15) is 0 Å². The van der Waals surface area contributed by atoms with Crippen molar-refractivity contribution in [3.8, 4) is 11.1 Å². The minimum absolute atomic E-state index is 0.00993. The molecule has 10 aromatic carbocycles. The van der Waals surface area contributed by atoms with E-state index >= 15 is 0 Å². The van der Waals surface area contributed by atoms with Gasteiger partial charge in [-0.25, -0.2) is 0 Å². The molecule has 0 unspecified atom stereocenters. The molecule has 0 spiro atoms. The van der Waals surface area contributed by atoms with E-state index in [0.29, 0.717) is 0 Å². The lowest BCUT2D eigenvalue weighted by Crippen LogP contribution is -2.14. The van der Waals surface area contributed by atoms with E-state index in [9.17, 15) is 0 Å². The number of furan rings is 1. The third-order valence-electron chi connectivity index (χ3n) is 16.3. The average Bonchev–Trinajstić information content (AvgIpc) is 4.25. The number of nitrogens with one attached hydrogen (secondary N) is 1. The largest absolute Gasteiger partial charge is 0.456 e. The van der Waals surface area contributed by atoms with E-state index in [0.717, 1.165) is 45.0 Å². The summed E-state index contributed by atoms with van der Waals surface area (Å²) in [4.78, 5) is 2.41. The zero-order valence-electron chi connectivity index (χ0n) is 46.1. The third-order valence-corrected chi connectivity index (χ3v) is 16.3. The molecule has 0 atom stereocenters. The van der Waals surface area contributed by atoms with Crippen LogP contribution in [0, 0.1) is 0 Å². The molecule has 0 amide bonds. The maximum absolute atomic E-state index is 6.75.